The quantitative estimate of drug-likeness (QED) is 0.401. The molecule has 2 unspecified atom stereocenters. The largest absolute Gasteiger partial charge is 0.461 e. The Bertz CT molecular complexity index is 1430. The van der Waals surface area contributed by atoms with Gasteiger partial charge in [-0.05, 0) is 56.6 Å². The van der Waals surface area contributed by atoms with Gasteiger partial charge in [0.25, 0.3) is 0 Å². The first-order valence-corrected chi connectivity index (χ1v) is 14.5. The molecule has 220 valence electrons. The standard InChI is InChI=1S/C30H34F2N6O.2ClH/c31-19-12-30(10-3-11-38(30)14-19)17-39-29-35-27-24(28(36-29)37-15-20-8-9-21(16-37)34-20)13-33-26(25(27)32)23-5-2-1-4-22(23)18-6-7-18;;/h1-2,4-5,13,18-21,34H,3,6-12,14-17H2;2*1H/t19?,20-,21+,30?;;. The van der Waals surface area contributed by atoms with E-state index in [4.69, 9.17) is 9.72 Å². The number of anilines is 1. The second-order valence-electron chi connectivity index (χ2n) is 12.3. The molecule has 0 amide bonds. The lowest BCUT2D eigenvalue weighted by atomic mass is 9.95. The lowest BCUT2D eigenvalue weighted by molar-refractivity contribution is 0.107. The van der Waals surface area contributed by atoms with Crippen molar-refractivity contribution in [2.75, 3.05) is 37.7 Å². The molecule has 41 heavy (non-hydrogen) atoms. The molecular formula is C30H36Cl2F2N6O. The molecule has 2 aromatic heterocycles. The van der Waals surface area contributed by atoms with E-state index in [9.17, 15) is 4.39 Å². The number of ether oxygens (including phenoxy) is 1. The second kappa shape index (κ2) is 11.1. The summed E-state index contributed by atoms with van der Waals surface area (Å²) < 4.78 is 37.0. The number of rotatable bonds is 6. The first-order valence-electron chi connectivity index (χ1n) is 14.5. The van der Waals surface area contributed by atoms with Crippen molar-refractivity contribution in [2.24, 2.45) is 0 Å². The molecule has 4 saturated heterocycles. The summed E-state index contributed by atoms with van der Waals surface area (Å²) in [5.41, 5.74) is 2.24. The Balaban J connectivity index is 0.00000151. The fourth-order valence-electron chi connectivity index (χ4n) is 7.60. The Morgan fingerprint density at radius 3 is 2.59 bits per heavy atom. The lowest BCUT2D eigenvalue weighted by Crippen LogP contribution is -2.51. The minimum Gasteiger partial charge on any atom is -0.461 e. The van der Waals surface area contributed by atoms with Crippen LogP contribution in [0.5, 0.6) is 6.01 Å². The minimum atomic E-state index is -0.837. The summed E-state index contributed by atoms with van der Waals surface area (Å²) in [5.74, 6) is 0.712. The summed E-state index contributed by atoms with van der Waals surface area (Å²) in [6.07, 6.45) is 7.81. The Labute approximate surface area is 251 Å². The minimum absolute atomic E-state index is 0. The second-order valence-corrected chi connectivity index (χ2v) is 12.3. The van der Waals surface area contributed by atoms with E-state index in [-0.39, 0.29) is 41.9 Å². The number of aromatic nitrogens is 3. The molecule has 4 atom stereocenters. The van der Waals surface area contributed by atoms with Gasteiger partial charge in [0.1, 0.15) is 29.8 Å². The van der Waals surface area contributed by atoms with E-state index in [0.717, 1.165) is 69.3 Å². The van der Waals surface area contributed by atoms with Crippen molar-refractivity contribution in [1.29, 1.82) is 0 Å². The van der Waals surface area contributed by atoms with Gasteiger partial charge in [-0.3, -0.25) is 9.88 Å². The summed E-state index contributed by atoms with van der Waals surface area (Å²) in [6, 6.07) is 8.95. The van der Waals surface area contributed by atoms with Crippen LogP contribution in [0.25, 0.3) is 22.2 Å². The van der Waals surface area contributed by atoms with Crippen molar-refractivity contribution in [3.8, 4) is 17.3 Å². The van der Waals surface area contributed by atoms with Crippen LogP contribution in [0.2, 0.25) is 0 Å². The Morgan fingerprint density at radius 1 is 1.02 bits per heavy atom. The summed E-state index contributed by atoms with van der Waals surface area (Å²) in [7, 11) is 0. The van der Waals surface area contributed by atoms with Gasteiger partial charge in [0.15, 0.2) is 5.82 Å². The van der Waals surface area contributed by atoms with Crippen LogP contribution in [0, 0.1) is 5.82 Å². The SMILES string of the molecule is Cl.Cl.Fc1c(-c2ccccc2C2CC2)ncc2c(N3C[C@H]4CC[C@@H](C3)N4)nc(OCC34CCCN3CC(F)C4)nc12. The average Bonchev–Trinajstić information content (AvgIpc) is 3.54. The highest BCUT2D eigenvalue weighted by atomic mass is 35.5. The van der Waals surface area contributed by atoms with Crippen molar-refractivity contribution in [2.45, 2.75) is 74.7 Å². The zero-order valence-corrected chi connectivity index (χ0v) is 24.5. The van der Waals surface area contributed by atoms with E-state index in [1.807, 2.05) is 18.2 Å². The van der Waals surface area contributed by atoms with Gasteiger partial charge < -0.3 is 15.0 Å². The maximum Gasteiger partial charge on any atom is 0.319 e. The predicted molar refractivity (Wildman–Crippen MR) is 160 cm³/mol. The number of benzene rings is 1. The molecule has 4 aliphatic heterocycles. The van der Waals surface area contributed by atoms with Crippen LogP contribution in [-0.4, -0.2) is 76.4 Å². The highest BCUT2D eigenvalue weighted by Gasteiger charge is 2.49. The number of alkyl halides is 1. The molecule has 6 heterocycles. The average molecular weight is 606 g/mol. The van der Waals surface area contributed by atoms with E-state index in [1.54, 1.807) is 6.20 Å². The maximum atomic E-state index is 16.4. The number of nitrogens with zero attached hydrogens (tertiary/aromatic N) is 5. The summed E-state index contributed by atoms with van der Waals surface area (Å²) in [4.78, 5) is 18.6. The fraction of sp³-hybridized carbons (Fsp3) is 0.567. The van der Waals surface area contributed by atoms with Crippen molar-refractivity contribution >= 4 is 41.5 Å². The number of hydrogen-bond acceptors (Lipinski definition) is 7. The van der Waals surface area contributed by atoms with Crippen molar-refractivity contribution in [3.05, 3.63) is 41.8 Å². The molecule has 1 aromatic carbocycles. The third-order valence-corrected chi connectivity index (χ3v) is 9.62. The molecular weight excluding hydrogens is 569 g/mol. The Kier molecular flexibility index (Phi) is 7.76. The monoisotopic (exact) mass is 604 g/mol. The molecule has 0 radical (unpaired) electrons. The molecule has 11 heteroatoms. The number of nitrogens with one attached hydrogen (secondary N) is 1. The lowest BCUT2D eigenvalue weighted by Gasteiger charge is -2.34. The van der Waals surface area contributed by atoms with Crippen LogP contribution in [0.1, 0.15) is 56.4 Å². The van der Waals surface area contributed by atoms with Crippen LogP contribution in [-0.2, 0) is 0 Å². The number of fused-ring (bicyclic) bond motifs is 4. The highest BCUT2D eigenvalue weighted by molar-refractivity contribution is 5.92. The van der Waals surface area contributed by atoms with Gasteiger partial charge in [-0.2, -0.15) is 9.97 Å². The molecule has 1 aliphatic carbocycles. The van der Waals surface area contributed by atoms with Gasteiger partial charge >= 0.3 is 6.01 Å². The Morgan fingerprint density at radius 2 is 1.80 bits per heavy atom. The summed E-state index contributed by atoms with van der Waals surface area (Å²) >= 11 is 0. The molecule has 0 spiro atoms. The van der Waals surface area contributed by atoms with Gasteiger partial charge in [0, 0.05) is 49.9 Å². The number of hydrogen-bond donors (Lipinski definition) is 1. The van der Waals surface area contributed by atoms with E-state index >= 15 is 4.39 Å². The van der Waals surface area contributed by atoms with E-state index in [1.165, 1.54) is 0 Å². The zero-order valence-electron chi connectivity index (χ0n) is 22.9. The van der Waals surface area contributed by atoms with E-state index < -0.39 is 12.0 Å². The first-order chi connectivity index (χ1) is 19.1. The van der Waals surface area contributed by atoms with Crippen LogP contribution >= 0.6 is 24.8 Å². The third-order valence-electron chi connectivity index (χ3n) is 9.62. The first kappa shape index (κ1) is 28.8. The normalized spacial score (nSPS) is 28.8. The van der Waals surface area contributed by atoms with Crippen molar-refractivity contribution < 1.29 is 13.5 Å². The highest BCUT2D eigenvalue weighted by Crippen LogP contribution is 2.45. The van der Waals surface area contributed by atoms with Gasteiger partial charge in [-0.25, -0.2) is 8.78 Å². The third kappa shape index (κ3) is 5.02. The van der Waals surface area contributed by atoms with Gasteiger partial charge in [0.05, 0.1) is 10.9 Å². The predicted octanol–water partition coefficient (Wildman–Crippen LogP) is 5.45. The molecule has 1 N–H and O–H groups in total. The van der Waals surface area contributed by atoms with Crippen molar-refractivity contribution in [3.63, 3.8) is 0 Å². The molecule has 2 bridgehead atoms. The zero-order chi connectivity index (χ0) is 26.1. The number of piperazine rings is 1. The topological polar surface area (TPSA) is 66.4 Å². The number of pyridine rings is 1. The van der Waals surface area contributed by atoms with E-state index in [0.29, 0.717) is 54.5 Å². The molecule has 3 aromatic rings. The molecule has 1 saturated carbocycles. The fourth-order valence-corrected chi connectivity index (χ4v) is 7.60. The molecule has 7 nitrogen and oxygen atoms in total. The van der Waals surface area contributed by atoms with E-state index in [2.05, 4.69) is 31.2 Å². The van der Waals surface area contributed by atoms with Crippen LogP contribution in [0.4, 0.5) is 14.6 Å². The molecule has 5 aliphatic rings. The molecule has 8 rings (SSSR count). The Hall–Kier alpha value is -2.33. The smallest absolute Gasteiger partial charge is 0.319 e. The van der Waals surface area contributed by atoms with Gasteiger partial charge in [0.2, 0.25) is 0 Å². The number of halogens is 4. The maximum absolute atomic E-state index is 16.4. The molecule has 5 fully saturated rings. The summed E-state index contributed by atoms with van der Waals surface area (Å²) in [6.45, 7) is 3.27. The van der Waals surface area contributed by atoms with Crippen LogP contribution in [0.15, 0.2) is 30.5 Å². The summed E-state index contributed by atoms with van der Waals surface area (Å²) in [5, 5.41) is 4.27. The van der Waals surface area contributed by atoms with Gasteiger partial charge in [-0.1, -0.05) is 24.3 Å². The van der Waals surface area contributed by atoms with Crippen LogP contribution in [0.3, 0.4) is 0 Å². The van der Waals surface area contributed by atoms with Gasteiger partial charge in [-0.15, -0.1) is 24.8 Å². The van der Waals surface area contributed by atoms with Crippen LogP contribution < -0.4 is 15.0 Å². The van der Waals surface area contributed by atoms with Crippen molar-refractivity contribution in [1.82, 2.24) is 25.2 Å².